The molecule has 0 saturated heterocycles. The number of nitro groups is 1. The molecule has 0 N–H and O–H groups in total. The van der Waals surface area contributed by atoms with Crippen molar-refractivity contribution in [2.45, 2.75) is 20.0 Å². The maximum Gasteiger partial charge on any atom is 0.339 e. The third-order valence-electron chi connectivity index (χ3n) is 3.78. The topological polar surface area (TPSA) is 118 Å². The number of esters is 1. The molecule has 0 spiro atoms. The van der Waals surface area contributed by atoms with E-state index in [1.165, 1.54) is 12.1 Å². The zero-order valence-corrected chi connectivity index (χ0v) is 15.2. The fourth-order valence-electron chi connectivity index (χ4n) is 2.44. The highest BCUT2D eigenvalue weighted by Gasteiger charge is 2.23. The Bertz CT molecular complexity index is 986. The average Bonchev–Trinajstić information content (AvgIpc) is 3.19. The highest BCUT2D eigenvalue weighted by atomic mass is 16.6. The molecule has 9 heteroatoms. The molecule has 9 nitrogen and oxygen atoms in total. The summed E-state index contributed by atoms with van der Waals surface area (Å²) in [5.74, 6) is -0.248. The number of aromatic nitrogens is 2. The Morgan fingerprint density at radius 2 is 1.96 bits per heavy atom. The minimum absolute atomic E-state index is 0.0183. The normalized spacial score (nSPS) is 11.6. The molecule has 0 saturated carbocycles. The van der Waals surface area contributed by atoms with Gasteiger partial charge in [-0.3, -0.25) is 10.1 Å². The molecular formula is C19H17N3O6. The van der Waals surface area contributed by atoms with Crippen molar-refractivity contribution in [2.24, 2.45) is 0 Å². The van der Waals surface area contributed by atoms with Crippen molar-refractivity contribution in [3.63, 3.8) is 0 Å². The van der Waals surface area contributed by atoms with Crippen LogP contribution in [-0.4, -0.2) is 27.7 Å². The Labute approximate surface area is 160 Å². The number of nitrogens with zero attached hydrogens (tertiary/aromatic N) is 3. The predicted molar refractivity (Wildman–Crippen MR) is 97.8 cm³/mol. The van der Waals surface area contributed by atoms with Crippen LogP contribution in [0.25, 0.3) is 11.5 Å². The Morgan fingerprint density at radius 3 is 2.64 bits per heavy atom. The number of carbonyl (C=O) groups is 1. The average molecular weight is 383 g/mol. The lowest BCUT2D eigenvalue weighted by Crippen LogP contribution is -2.10. The highest BCUT2D eigenvalue weighted by Crippen LogP contribution is 2.29. The van der Waals surface area contributed by atoms with Gasteiger partial charge in [-0.2, -0.15) is 0 Å². The van der Waals surface area contributed by atoms with Crippen molar-refractivity contribution in [3.8, 4) is 17.2 Å². The summed E-state index contributed by atoms with van der Waals surface area (Å²) < 4.78 is 16.1. The fraction of sp³-hybridized carbons (Fsp3) is 0.211. The number of ether oxygens (including phenoxy) is 2. The molecular weight excluding hydrogens is 366 g/mol. The second kappa shape index (κ2) is 8.30. The van der Waals surface area contributed by atoms with Crippen LogP contribution in [0, 0.1) is 10.1 Å². The first kappa shape index (κ1) is 19.0. The lowest BCUT2D eigenvalue weighted by Gasteiger charge is -2.10. The molecule has 0 aliphatic carbocycles. The van der Waals surface area contributed by atoms with Gasteiger partial charge in [-0.25, -0.2) is 4.79 Å². The highest BCUT2D eigenvalue weighted by molar-refractivity contribution is 5.90. The number of benzene rings is 2. The summed E-state index contributed by atoms with van der Waals surface area (Å²) in [7, 11) is 0. The minimum Gasteiger partial charge on any atom is -0.487 e. The van der Waals surface area contributed by atoms with Crippen molar-refractivity contribution < 1.29 is 23.6 Å². The number of hydrogen-bond acceptors (Lipinski definition) is 8. The fourth-order valence-corrected chi connectivity index (χ4v) is 2.44. The van der Waals surface area contributed by atoms with Crippen molar-refractivity contribution in [1.29, 1.82) is 0 Å². The summed E-state index contributed by atoms with van der Waals surface area (Å²) in [6, 6.07) is 13.0. The third kappa shape index (κ3) is 4.14. The van der Waals surface area contributed by atoms with Crippen molar-refractivity contribution in [1.82, 2.24) is 10.2 Å². The van der Waals surface area contributed by atoms with Gasteiger partial charge in [-0.05, 0) is 38.1 Å². The van der Waals surface area contributed by atoms with Crippen LogP contribution in [0.1, 0.15) is 36.2 Å². The molecule has 3 rings (SSSR count). The van der Waals surface area contributed by atoms with E-state index < -0.39 is 17.0 Å². The van der Waals surface area contributed by atoms with E-state index in [-0.39, 0.29) is 29.5 Å². The van der Waals surface area contributed by atoms with Crippen molar-refractivity contribution in [3.05, 3.63) is 70.1 Å². The van der Waals surface area contributed by atoms with Gasteiger partial charge in [-0.1, -0.05) is 18.2 Å². The van der Waals surface area contributed by atoms with Crippen molar-refractivity contribution >= 4 is 11.7 Å². The lowest BCUT2D eigenvalue weighted by atomic mass is 10.2. The van der Waals surface area contributed by atoms with Crippen LogP contribution in [0.2, 0.25) is 0 Å². The summed E-state index contributed by atoms with van der Waals surface area (Å²) in [6.45, 7) is 3.55. The second-order valence-electron chi connectivity index (χ2n) is 5.73. The first-order chi connectivity index (χ1) is 13.5. The first-order valence-electron chi connectivity index (χ1n) is 8.50. The van der Waals surface area contributed by atoms with Gasteiger partial charge in [0.15, 0.2) is 11.9 Å². The van der Waals surface area contributed by atoms with Crippen LogP contribution in [0.5, 0.6) is 5.75 Å². The van der Waals surface area contributed by atoms with Gasteiger partial charge in [0, 0.05) is 11.6 Å². The third-order valence-corrected chi connectivity index (χ3v) is 3.78. The molecule has 0 amide bonds. The monoisotopic (exact) mass is 383 g/mol. The zero-order valence-electron chi connectivity index (χ0n) is 15.2. The standard InChI is InChI=1S/C19H17N3O6/c1-3-26-16-10-9-14(11-15(16)22(24)25)19(23)27-12(2)17-20-21-18(28-17)13-7-5-4-6-8-13/h4-12H,3H2,1-2H3/t12-/m1/s1. The van der Waals surface area contributed by atoms with Crippen molar-refractivity contribution in [2.75, 3.05) is 6.61 Å². The molecule has 28 heavy (non-hydrogen) atoms. The molecule has 0 aliphatic rings. The Balaban J connectivity index is 1.75. The summed E-state index contributed by atoms with van der Waals surface area (Å²) in [5.41, 5.74) is 0.444. The van der Waals surface area contributed by atoms with E-state index in [0.29, 0.717) is 5.89 Å². The SMILES string of the molecule is CCOc1ccc(C(=O)O[C@H](C)c2nnc(-c3ccccc3)o2)cc1[N+](=O)[O-]. The molecule has 1 aromatic heterocycles. The van der Waals surface area contributed by atoms with E-state index in [1.54, 1.807) is 13.8 Å². The maximum atomic E-state index is 12.4. The maximum absolute atomic E-state index is 12.4. The van der Waals surface area contributed by atoms with Crippen LogP contribution in [0.3, 0.4) is 0 Å². The van der Waals surface area contributed by atoms with E-state index in [0.717, 1.165) is 11.6 Å². The smallest absolute Gasteiger partial charge is 0.339 e. The van der Waals surface area contributed by atoms with Gasteiger partial charge in [0.05, 0.1) is 17.1 Å². The quantitative estimate of drug-likeness (QED) is 0.342. The Hall–Kier alpha value is -3.75. The van der Waals surface area contributed by atoms with Gasteiger partial charge in [-0.15, -0.1) is 10.2 Å². The van der Waals surface area contributed by atoms with Crippen LogP contribution < -0.4 is 4.74 Å². The molecule has 0 fully saturated rings. The summed E-state index contributed by atoms with van der Waals surface area (Å²) in [4.78, 5) is 23.0. The van der Waals surface area contributed by atoms with Gasteiger partial charge in [0.25, 0.3) is 5.89 Å². The van der Waals surface area contributed by atoms with Gasteiger partial charge in [0.2, 0.25) is 5.89 Å². The molecule has 144 valence electrons. The molecule has 0 unspecified atom stereocenters. The largest absolute Gasteiger partial charge is 0.487 e. The van der Waals surface area contributed by atoms with Crippen LogP contribution >= 0.6 is 0 Å². The molecule has 1 heterocycles. The van der Waals surface area contributed by atoms with Crippen LogP contribution in [0.15, 0.2) is 52.9 Å². The van der Waals surface area contributed by atoms with Gasteiger partial charge in [0.1, 0.15) is 0 Å². The molecule has 2 aromatic carbocycles. The Morgan fingerprint density at radius 1 is 1.21 bits per heavy atom. The van der Waals surface area contributed by atoms with E-state index in [1.807, 2.05) is 30.3 Å². The Kier molecular flexibility index (Phi) is 5.64. The van der Waals surface area contributed by atoms with E-state index >= 15 is 0 Å². The summed E-state index contributed by atoms with van der Waals surface area (Å²) in [5, 5.41) is 19.0. The number of rotatable bonds is 7. The van der Waals surface area contributed by atoms with Crippen LogP contribution in [0.4, 0.5) is 5.69 Å². The molecule has 0 bridgehead atoms. The molecule has 1 atom stereocenters. The number of nitro benzene ring substituents is 1. The van der Waals surface area contributed by atoms with Gasteiger partial charge >= 0.3 is 11.7 Å². The predicted octanol–water partition coefficient (Wildman–Crippen LogP) is 3.96. The van der Waals surface area contributed by atoms with E-state index in [9.17, 15) is 14.9 Å². The minimum atomic E-state index is -0.830. The van der Waals surface area contributed by atoms with E-state index in [4.69, 9.17) is 13.9 Å². The number of hydrogen-bond donors (Lipinski definition) is 0. The van der Waals surface area contributed by atoms with E-state index in [2.05, 4.69) is 10.2 Å². The molecule has 0 radical (unpaired) electrons. The van der Waals surface area contributed by atoms with Crippen LogP contribution in [-0.2, 0) is 4.74 Å². The summed E-state index contributed by atoms with van der Waals surface area (Å²) >= 11 is 0. The molecule has 3 aromatic rings. The van der Waals surface area contributed by atoms with Gasteiger partial charge < -0.3 is 13.9 Å². The lowest BCUT2D eigenvalue weighted by molar-refractivity contribution is -0.385. The molecule has 0 aliphatic heterocycles. The second-order valence-corrected chi connectivity index (χ2v) is 5.73. The first-order valence-corrected chi connectivity index (χ1v) is 8.50. The number of carbonyl (C=O) groups excluding carboxylic acids is 1. The summed E-state index contributed by atoms with van der Waals surface area (Å²) in [6.07, 6.45) is -0.830. The zero-order chi connectivity index (χ0) is 20.1.